The van der Waals surface area contributed by atoms with Gasteiger partial charge in [-0.3, -0.25) is 4.79 Å². The summed E-state index contributed by atoms with van der Waals surface area (Å²) in [6.45, 7) is 2.73. The van der Waals surface area contributed by atoms with Gasteiger partial charge < -0.3 is 9.64 Å². The van der Waals surface area contributed by atoms with Crippen molar-refractivity contribution in [1.82, 2.24) is 0 Å². The van der Waals surface area contributed by atoms with Crippen LogP contribution in [-0.4, -0.2) is 24.4 Å². The number of anilines is 1. The van der Waals surface area contributed by atoms with Gasteiger partial charge in [0.2, 0.25) is 5.91 Å². The SMILES string of the molecule is COc1ccc(N2CC(Br)CC2=O)c(C)c1. The normalized spacial score (nSPS) is 20.3. The monoisotopic (exact) mass is 283 g/mol. The highest BCUT2D eigenvalue weighted by molar-refractivity contribution is 9.09. The van der Waals surface area contributed by atoms with Gasteiger partial charge in [0.05, 0.1) is 7.11 Å². The minimum absolute atomic E-state index is 0.176. The predicted octanol–water partition coefficient (Wildman–Crippen LogP) is 2.50. The number of aryl methyl sites for hydroxylation is 1. The van der Waals surface area contributed by atoms with Gasteiger partial charge in [0.1, 0.15) is 5.75 Å². The Labute approximate surface area is 104 Å². The molecule has 1 fully saturated rings. The number of halogens is 1. The number of nitrogens with zero attached hydrogens (tertiary/aromatic N) is 1. The second kappa shape index (κ2) is 4.45. The summed E-state index contributed by atoms with van der Waals surface area (Å²) in [6.07, 6.45) is 0.575. The van der Waals surface area contributed by atoms with Crippen molar-refractivity contribution in [3.8, 4) is 5.75 Å². The van der Waals surface area contributed by atoms with Crippen molar-refractivity contribution in [3.05, 3.63) is 23.8 Å². The lowest BCUT2D eigenvalue weighted by Crippen LogP contribution is -2.25. The number of alkyl halides is 1. The van der Waals surface area contributed by atoms with E-state index in [4.69, 9.17) is 4.74 Å². The highest BCUT2D eigenvalue weighted by Crippen LogP contribution is 2.30. The van der Waals surface area contributed by atoms with Crippen molar-refractivity contribution < 1.29 is 9.53 Å². The Bertz CT molecular complexity index is 419. The first-order valence-corrected chi connectivity index (χ1v) is 6.12. The molecule has 86 valence electrons. The Morgan fingerprint density at radius 2 is 2.25 bits per heavy atom. The summed E-state index contributed by atoms with van der Waals surface area (Å²) in [5.74, 6) is 0.999. The summed E-state index contributed by atoms with van der Waals surface area (Å²) >= 11 is 3.48. The van der Waals surface area contributed by atoms with Crippen molar-refractivity contribution >= 4 is 27.5 Å². The van der Waals surface area contributed by atoms with E-state index in [1.165, 1.54) is 0 Å². The van der Waals surface area contributed by atoms with Crippen LogP contribution in [0.2, 0.25) is 0 Å². The van der Waals surface area contributed by atoms with E-state index in [9.17, 15) is 4.79 Å². The Hall–Kier alpha value is -1.03. The van der Waals surface area contributed by atoms with E-state index in [1.54, 1.807) is 7.11 Å². The molecule has 1 heterocycles. The Kier molecular flexibility index (Phi) is 3.19. The predicted molar refractivity (Wildman–Crippen MR) is 67.4 cm³/mol. The van der Waals surface area contributed by atoms with Gasteiger partial charge in [-0.25, -0.2) is 0 Å². The molecule has 1 amide bonds. The smallest absolute Gasteiger partial charge is 0.228 e. The van der Waals surface area contributed by atoms with E-state index in [-0.39, 0.29) is 10.7 Å². The van der Waals surface area contributed by atoms with Crippen molar-refractivity contribution in [3.63, 3.8) is 0 Å². The molecule has 4 heteroatoms. The minimum atomic E-state index is 0.176. The average molecular weight is 284 g/mol. The second-order valence-corrected chi connectivity index (χ2v) is 5.25. The first-order chi connectivity index (χ1) is 7.61. The molecule has 1 aliphatic heterocycles. The fraction of sp³-hybridized carbons (Fsp3) is 0.417. The zero-order valence-corrected chi connectivity index (χ0v) is 11.0. The van der Waals surface area contributed by atoms with Crippen LogP contribution >= 0.6 is 15.9 Å². The topological polar surface area (TPSA) is 29.5 Å². The third kappa shape index (κ3) is 2.07. The van der Waals surface area contributed by atoms with E-state index in [1.807, 2.05) is 30.0 Å². The zero-order valence-electron chi connectivity index (χ0n) is 9.37. The number of benzene rings is 1. The van der Waals surface area contributed by atoms with E-state index < -0.39 is 0 Å². The largest absolute Gasteiger partial charge is 0.497 e. The lowest BCUT2D eigenvalue weighted by atomic mass is 10.1. The van der Waals surface area contributed by atoms with Crippen LogP contribution in [0.25, 0.3) is 0 Å². The van der Waals surface area contributed by atoms with E-state index >= 15 is 0 Å². The van der Waals surface area contributed by atoms with Crippen LogP contribution in [0.3, 0.4) is 0 Å². The molecule has 1 atom stereocenters. The fourth-order valence-electron chi connectivity index (χ4n) is 1.95. The van der Waals surface area contributed by atoms with Crippen molar-refractivity contribution in [1.29, 1.82) is 0 Å². The van der Waals surface area contributed by atoms with Crippen LogP contribution in [0.1, 0.15) is 12.0 Å². The van der Waals surface area contributed by atoms with Crippen LogP contribution in [0, 0.1) is 6.92 Å². The molecule has 1 aromatic rings. The second-order valence-electron chi connectivity index (χ2n) is 3.96. The summed E-state index contributed by atoms with van der Waals surface area (Å²) in [7, 11) is 1.64. The fourth-order valence-corrected chi connectivity index (χ4v) is 2.52. The number of hydrogen-bond donors (Lipinski definition) is 0. The molecule has 1 unspecified atom stereocenters. The summed E-state index contributed by atoms with van der Waals surface area (Å²) in [6, 6.07) is 5.78. The molecule has 3 nitrogen and oxygen atoms in total. The summed E-state index contributed by atoms with van der Waals surface area (Å²) in [5, 5.41) is 0. The van der Waals surface area contributed by atoms with Crippen LogP contribution in [0.15, 0.2) is 18.2 Å². The minimum Gasteiger partial charge on any atom is -0.497 e. The van der Waals surface area contributed by atoms with Gasteiger partial charge in [0.25, 0.3) is 0 Å². The van der Waals surface area contributed by atoms with Crippen molar-refractivity contribution in [2.75, 3.05) is 18.6 Å². The lowest BCUT2D eigenvalue weighted by Gasteiger charge is -2.19. The number of rotatable bonds is 2. The molecule has 0 spiro atoms. The van der Waals surface area contributed by atoms with Gasteiger partial charge in [0, 0.05) is 23.5 Å². The molecule has 1 aromatic carbocycles. The van der Waals surface area contributed by atoms with Gasteiger partial charge in [-0.2, -0.15) is 0 Å². The summed E-state index contributed by atoms with van der Waals surface area (Å²) in [5.41, 5.74) is 2.04. The Morgan fingerprint density at radius 3 is 2.75 bits per heavy atom. The quantitative estimate of drug-likeness (QED) is 0.781. The Morgan fingerprint density at radius 1 is 1.50 bits per heavy atom. The van der Waals surface area contributed by atoms with Crippen LogP contribution in [-0.2, 0) is 4.79 Å². The van der Waals surface area contributed by atoms with Crippen LogP contribution < -0.4 is 9.64 Å². The number of methoxy groups -OCH3 is 1. The van der Waals surface area contributed by atoms with Crippen LogP contribution in [0.4, 0.5) is 5.69 Å². The van der Waals surface area contributed by atoms with E-state index in [0.29, 0.717) is 6.42 Å². The van der Waals surface area contributed by atoms with Crippen molar-refractivity contribution in [2.24, 2.45) is 0 Å². The summed E-state index contributed by atoms with van der Waals surface area (Å²) in [4.78, 5) is 13.8. The van der Waals surface area contributed by atoms with Crippen LogP contribution in [0.5, 0.6) is 5.75 Å². The molecule has 0 N–H and O–H groups in total. The number of ether oxygens (including phenoxy) is 1. The highest BCUT2D eigenvalue weighted by Gasteiger charge is 2.29. The molecule has 1 saturated heterocycles. The molecule has 0 aliphatic carbocycles. The van der Waals surface area contributed by atoms with Gasteiger partial charge >= 0.3 is 0 Å². The third-order valence-electron chi connectivity index (χ3n) is 2.77. The number of amides is 1. The first-order valence-electron chi connectivity index (χ1n) is 5.21. The van der Waals surface area contributed by atoms with Gasteiger partial charge in [-0.05, 0) is 30.7 Å². The highest BCUT2D eigenvalue weighted by atomic mass is 79.9. The maximum Gasteiger partial charge on any atom is 0.228 e. The molecule has 0 bridgehead atoms. The third-order valence-corrected chi connectivity index (χ3v) is 3.39. The average Bonchev–Trinajstić information content (AvgIpc) is 2.57. The van der Waals surface area contributed by atoms with E-state index in [0.717, 1.165) is 23.5 Å². The molecular formula is C12H14BrNO2. The lowest BCUT2D eigenvalue weighted by molar-refractivity contribution is -0.117. The molecular weight excluding hydrogens is 270 g/mol. The molecule has 0 aromatic heterocycles. The maximum absolute atomic E-state index is 11.8. The van der Waals surface area contributed by atoms with Gasteiger partial charge in [0.15, 0.2) is 0 Å². The Balaban J connectivity index is 2.30. The van der Waals surface area contributed by atoms with Crippen molar-refractivity contribution in [2.45, 2.75) is 18.2 Å². The van der Waals surface area contributed by atoms with Gasteiger partial charge in [-0.15, -0.1) is 0 Å². The molecule has 0 radical (unpaired) electrons. The van der Waals surface area contributed by atoms with Gasteiger partial charge in [-0.1, -0.05) is 15.9 Å². The number of hydrogen-bond acceptors (Lipinski definition) is 2. The number of carbonyl (C=O) groups is 1. The first kappa shape index (κ1) is 11.5. The maximum atomic E-state index is 11.8. The standard InChI is InChI=1S/C12H14BrNO2/c1-8-5-10(16-2)3-4-11(8)14-7-9(13)6-12(14)15/h3-5,9H,6-7H2,1-2H3. The van der Waals surface area contributed by atoms with E-state index in [2.05, 4.69) is 15.9 Å². The zero-order chi connectivity index (χ0) is 11.7. The summed E-state index contributed by atoms with van der Waals surface area (Å²) < 4.78 is 5.15. The molecule has 16 heavy (non-hydrogen) atoms. The molecule has 0 saturated carbocycles. The molecule has 1 aliphatic rings. The molecule has 2 rings (SSSR count). The number of carbonyl (C=O) groups excluding carboxylic acids is 1.